The summed E-state index contributed by atoms with van der Waals surface area (Å²) < 4.78 is 16.3. The highest BCUT2D eigenvalue weighted by molar-refractivity contribution is 5.69. The summed E-state index contributed by atoms with van der Waals surface area (Å²) >= 11 is 0. The molecule has 4 rings (SSSR count). The number of para-hydroxylation sites is 1. The number of benzene rings is 1. The van der Waals surface area contributed by atoms with Crippen molar-refractivity contribution in [3.8, 4) is 34.3 Å². The molecule has 8 heteroatoms. The van der Waals surface area contributed by atoms with Crippen molar-refractivity contribution in [3.05, 3.63) is 36.5 Å². The summed E-state index contributed by atoms with van der Waals surface area (Å²) in [5.74, 6) is 3.01. The zero-order valence-electron chi connectivity index (χ0n) is 17.8. The van der Waals surface area contributed by atoms with E-state index in [-0.39, 0.29) is 0 Å². The molecule has 0 saturated carbocycles. The fourth-order valence-corrected chi connectivity index (χ4v) is 3.68. The van der Waals surface area contributed by atoms with Gasteiger partial charge in [0.05, 0.1) is 25.3 Å². The molecule has 158 valence electrons. The van der Waals surface area contributed by atoms with Crippen molar-refractivity contribution in [1.82, 2.24) is 20.0 Å². The molecule has 0 aliphatic carbocycles. The number of hydrogen-bond donors (Lipinski definition) is 0. The highest BCUT2D eigenvalue weighted by Crippen LogP contribution is 2.37. The molecule has 2 aromatic heterocycles. The van der Waals surface area contributed by atoms with E-state index in [4.69, 9.17) is 14.0 Å². The monoisotopic (exact) mass is 409 g/mol. The van der Waals surface area contributed by atoms with Crippen LogP contribution in [0.2, 0.25) is 0 Å². The second kappa shape index (κ2) is 8.71. The van der Waals surface area contributed by atoms with Gasteiger partial charge in [-0.1, -0.05) is 11.2 Å². The van der Waals surface area contributed by atoms with Crippen molar-refractivity contribution in [2.75, 3.05) is 45.3 Å². The van der Waals surface area contributed by atoms with E-state index in [0.29, 0.717) is 34.8 Å². The first-order chi connectivity index (χ1) is 14.6. The van der Waals surface area contributed by atoms with Crippen molar-refractivity contribution >= 4 is 5.82 Å². The first kappa shape index (κ1) is 20.2. The van der Waals surface area contributed by atoms with Crippen LogP contribution in [0, 0.1) is 0 Å². The van der Waals surface area contributed by atoms with Gasteiger partial charge >= 0.3 is 0 Å². The average Bonchev–Trinajstić information content (AvgIpc) is 3.28. The number of methoxy groups -OCH3 is 2. The van der Waals surface area contributed by atoms with E-state index in [1.165, 1.54) is 0 Å². The van der Waals surface area contributed by atoms with Crippen LogP contribution in [-0.4, -0.2) is 66.5 Å². The van der Waals surface area contributed by atoms with Gasteiger partial charge in [0.25, 0.3) is 5.89 Å². The van der Waals surface area contributed by atoms with Gasteiger partial charge in [-0.25, -0.2) is 4.98 Å². The molecule has 3 heterocycles. The van der Waals surface area contributed by atoms with Crippen LogP contribution in [0.3, 0.4) is 0 Å². The molecule has 0 amide bonds. The molecule has 0 spiro atoms. The summed E-state index contributed by atoms with van der Waals surface area (Å²) in [4.78, 5) is 14.0. The molecular weight excluding hydrogens is 382 g/mol. The third-order valence-corrected chi connectivity index (χ3v) is 5.43. The molecule has 1 aliphatic heterocycles. The van der Waals surface area contributed by atoms with E-state index in [2.05, 4.69) is 38.8 Å². The molecule has 30 heavy (non-hydrogen) atoms. The molecule has 0 bridgehead atoms. The largest absolute Gasteiger partial charge is 0.493 e. The van der Waals surface area contributed by atoms with Gasteiger partial charge in [0.2, 0.25) is 5.82 Å². The van der Waals surface area contributed by atoms with Gasteiger partial charge in [-0.2, -0.15) is 4.98 Å². The van der Waals surface area contributed by atoms with E-state index >= 15 is 0 Å². The van der Waals surface area contributed by atoms with Crippen LogP contribution in [0.25, 0.3) is 22.8 Å². The number of rotatable bonds is 6. The van der Waals surface area contributed by atoms with E-state index in [1.54, 1.807) is 20.4 Å². The number of piperazine rings is 1. The summed E-state index contributed by atoms with van der Waals surface area (Å²) in [6.07, 6.45) is 1.78. The summed E-state index contributed by atoms with van der Waals surface area (Å²) in [5, 5.41) is 4.12. The lowest BCUT2D eigenvalue weighted by molar-refractivity contribution is 0.209. The number of aromatic nitrogens is 3. The lowest BCUT2D eigenvalue weighted by atomic mass is 10.1. The third kappa shape index (κ3) is 3.95. The molecule has 1 fully saturated rings. The number of anilines is 1. The molecule has 1 saturated heterocycles. The van der Waals surface area contributed by atoms with E-state index in [9.17, 15) is 0 Å². The smallest absolute Gasteiger partial charge is 0.259 e. The number of hydrogen-bond acceptors (Lipinski definition) is 8. The highest BCUT2D eigenvalue weighted by atomic mass is 16.5. The Morgan fingerprint density at radius 3 is 2.43 bits per heavy atom. The Balaban J connectivity index is 1.51. The maximum absolute atomic E-state index is 5.49. The topological polar surface area (TPSA) is 76.8 Å². The zero-order valence-corrected chi connectivity index (χ0v) is 17.8. The van der Waals surface area contributed by atoms with Crippen LogP contribution in [0.5, 0.6) is 11.5 Å². The predicted molar refractivity (Wildman–Crippen MR) is 115 cm³/mol. The van der Waals surface area contributed by atoms with Crippen LogP contribution in [0.15, 0.2) is 41.1 Å². The van der Waals surface area contributed by atoms with Crippen molar-refractivity contribution in [3.63, 3.8) is 0 Å². The van der Waals surface area contributed by atoms with E-state index in [0.717, 1.165) is 37.6 Å². The quantitative estimate of drug-likeness (QED) is 0.614. The number of pyridine rings is 1. The van der Waals surface area contributed by atoms with Crippen molar-refractivity contribution < 1.29 is 14.0 Å². The normalized spacial score (nSPS) is 14.9. The van der Waals surface area contributed by atoms with Gasteiger partial charge in [-0.15, -0.1) is 0 Å². The molecular formula is C22H27N5O3. The van der Waals surface area contributed by atoms with Crippen LogP contribution < -0.4 is 14.4 Å². The standard InChI is InChI=1S/C22H27N5O3/c1-15(2)26-10-12-27(13-11-26)19-9-8-16(14-23-19)22-24-21(25-30-22)17-6-5-7-18(28-3)20(17)29-4/h5-9,14-15H,10-13H2,1-4H3. The molecule has 0 atom stereocenters. The van der Waals surface area contributed by atoms with Crippen LogP contribution in [0.4, 0.5) is 5.82 Å². The lowest BCUT2D eigenvalue weighted by Gasteiger charge is -2.37. The average molecular weight is 409 g/mol. The second-order valence-corrected chi connectivity index (χ2v) is 7.49. The Morgan fingerprint density at radius 1 is 1.00 bits per heavy atom. The second-order valence-electron chi connectivity index (χ2n) is 7.49. The van der Waals surface area contributed by atoms with Gasteiger partial charge in [-0.05, 0) is 38.1 Å². The number of nitrogens with zero attached hydrogens (tertiary/aromatic N) is 5. The van der Waals surface area contributed by atoms with Crippen molar-refractivity contribution in [2.24, 2.45) is 0 Å². The summed E-state index contributed by atoms with van der Waals surface area (Å²) in [7, 11) is 3.19. The Bertz CT molecular complexity index is 979. The first-order valence-corrected chi connectivity index (χ1v) is 10.1. The molecule has 3 aromatic rings. The lowest BCUT2D eigenvalue weighted by Crippen LogP contribution is -2.49. The Kier molecular flexibility index (Phi) is 5.85. The molecule has 1 aliphatic rings. The van der Waals surface area contributed by atoms with E-state index in [1.807, 2.05) is 30.3 Å². The predicted octanol–water partition coefficient (Wildman–Crippen LogP) is 3.35. The molecule has 8 nitrogen and oxygen atoms in total. The summed E-state index contributed by atoms with van der Waals surface area (Å²) in [6, 6.07) is 10.1. The minimum atomic E-state index is 0.415. The molecule has 0 N–H and O–H groups in total. The highest BCUT2D eigenvalue weighted by Gasteiger charge is 2.21. The molecule has 0 unspecified atom stereocenters. The fraction of sp³-hybridized carbons (Fsp3) is 0.409. The third-order valence-electron chi connectivity index (χ3n) is 5.43. The summed E-state index contributed by atoms with van der Waals surface area (Å²) in [5.41, 5.74) is 1.49. The minimum Gasteiger partial charge on any atom is -0.493 e. The van der Waals surface area contributed by atoms with Crippen LogP contribution in [-0.2, 0) is 0 Å². The minimum absolute atomic E-state index is 0.415. The number of ether oxygens (including phenoxy) is 2. The zero-order chi connectivity index (χ0) is 21.1. The molecule has 0 radical (unpaired) electrons. The van der Waals surface area contributed by atoms with Gasteiger partial charge in [0, 0.05) is 38.4 Å². The van der Waals surface area contributed by atoms with Crippen LogP contribution in [0.1, 0.15) is 13.8 Å². The van der Waals surface area contributed by atoms with Gasteiger partial charge in [0.15, 0.2) is 11.5 Å². The maximum atomic E-state index is 5.49. The van der Waals surface area contributed by atoms with Gasteiger partial charge in [-0.3, -0.25) is 4.90 Å². The van der Waals surface area contributed by atoms with Gasteiger partial charge < -0.3 is 18.9 Å². The first-order valence-electron chi connectivity index (χ1n) is 10.1. The van der Waals surface area contributed by atoms with E-state index < -0.39 is 0 Å². The Morgan fingerprint density at radius 2 is 1.80 bits per heavy atom. The SMILES string of the molecule is COc1cccc(-c2noc(-c3ccc(N4CCN(C(C)C)CC4)nc3)n2)c1OC. The maximum Gasteiger partial charge on any atom is 0.259 e. The van der Waals surface area contributed by atoms with Crippen molar-refractivity contribution in [1.29, 1.82) is 0 Å². The van der Waals surface area contributed by atoms with Gasteiger partial charge in [0.1, 0.15) is 5.82 Å². The van der Waals surface area contributed by atoms with Crippen LogP contribution >= 0.6 is 0 Å². The summed E-state index contributed by atoms with van der Waals surface area (Å²) in [6.45, 7) is 8.54. The Hall–Kier alpha value is -3.13. The van der Waals surface area contributed by atoms with Crippen molar-refractivity contribution in [2.45, 2.75) is 19.9 Å². The fourth-order valence-electron chi connectivity index (χ4n) is 3.68. The molecule has 1 aromatic carbocycles. The Labute approximate surface area is 176 Å².